The van der Waals surface area contributed by atoms with Gasteiger partial charge in [-0.1, -0.05) is 12.1 Å². The standard InChI is InChI=1S/C19H19NO5/c1-23-15-6-3-13(4-7-15)12-20-9-10-25-17-11-14(19(22)24-2)5-8-16(17)18(20)21/h3-8,11H,9-10,12H2,1-2H3. The summed E-state index contributed by atoms with van der Waals surface area (Å²) < 4.78 is 15.5. The number of rotatable bonds is 4. The van der Waals surface area contributed by atoms with E-state index in [1.54, 1.807) is 30.2 Å². The molecule has 0 fully saturated rings. The highest BCUT2D eigenvalue weighted by molar-refractivity contribution is 5.99. The maximum Gasteiger partial charge on any atom is 0.337 e. The zero-order chi connectivity index (χ0) is 17.8. The topological polar surface area (TPSA) is 65.1 Å². The maximum atomic E-state index is 12.8. The molecule has 0 aromatic heterocycles. The molecule has 0 saturated heterocycles. The molecular formula is C19H19NO5. The fourth-order valence-corrected chi connectivity index (χ4v) is 2.70. The summed E-state index contributed by atoms with van der Waals surface area (Å²) in [5.74, 6) is 0.595. The smallest absolute Gasteiger partial charge is 0.337 e. The highest BCUT2D eigenvalue weighted by atomic mass is 16.5. The first-order valence-electron chi connectivity index (χ1n) is 7.89. The van der Waals surface area contributed by atoms with Gasteiger partial charge in [-0.05, 0) is 35.9 Å². The molecule has 6 nitrogen and oxygen atoms in total. The van der Waals surface area contributed by atoms with Gasteiger partial charge in [0, 0.05) is 6.54 Å². The lowest BCUT2D eigenvalue weighted by molar-refractivity contribution is 0.0599. The number of benzene rings is 2. The lowest BCUT2D eigenvalue weighted by atomic mass is 10.1. The monoisotopic (exact) mass is 341 g/mol. The molecular weight excluding hydrogens is 322 g/mol. The van der Waals surface area contributed by atoms with E-state index in [9.17, 15) is 9.59 Å². The van der Waals surface area contributed by atoms with Crippen LogP contribution in [0.3, 0.4) is 0 Å². The van der Waals surface area contributed by atoms with Crippen LogP contribution in [-0.2, 0) is 11.3 Å². The predicted octanol–water partition coefficient (Wildman–Crippen LogP) is 2.52. The van der Waals surface area contributed by atoms with Crippen LogP contribution in [0.15, 0.2) is 42.5 Å². The molecule has 6 heteroatoms. The van der Waals surface area contributed by atoms with Crippen LogP contribution in [0.4, 0.5) is 0 Å². The molecule has 25 heavy (non-hydrogen) atoms. The molecule has 1 aliphatic rings. The van der Waals surface area contributed by atoms with Gasteiger partial charge in [-0.25, -0.2) is 4.79 Å². The van der Waals surface area contributed by atoms with Crippen LogP contribution in [-0.4, -0.2) is 44.1 Å². The van der Waals surface area contributed by atoms with Crippen molar-refractivity contribution in [3.05, 3.63) is 59.2 Å². The molecule has 0 atom stereocenters. The van der Waals surface area contributed by atoms with Gasteiger partial charge in [-0.15, -0.1) is 0 Å². The summed E-state index contributed by atoms with van der Waals surface area (Å²) in [5.41, 5.74) is 1.81. The molecule has 0 radical (unpaired) electrons. The van der Waals surface area contributed by atoms with Crippen LogP contribution in [0.25, 0.3) is 0 Å². The first-order valence-corrected chi connectivity index (χ1v) is 7.89. The van der Waals surface area contributed by atoms with Gasteiger partial charge < -0.3 is 19.1 Å². The Morgan fingerprint density at radius 1 is 1.16 bits per heavy atom. The molecule has 2 aromatic carbocycles. The summed E-state index contributed by atoms with van der Waals surface area (Å²) in [5, 5.41) is 0. The fourth-order valence-electron chi connectivity index (χ4n) is 2.70. The van der Waals surface area contributed by atoms with Crippen molar-refractivity contribution in [1.29, 1.82) is 0 Å². The first-order chi connectivity index (χ1) is 12.1. The first kappa shape index (κ1) is 16.8. The Morgan fingerprint density at radius 3 is 2.60 bits per heavy atom. The lowest BCUT2D eigenvalue weighted by Gasteiger charge is -2.20. The molecule has 0 saturated carbocycles. The minimum absolute atomic E-state index is 0.125. The van der Waals surface area contributed by atoms with E-state index in [1.165, 1.54) is 7.11 Å². The maximum absolute atomic E-state index is 12.8. The number of methoxy groups -OCH3 is 2. The molecule has 0 aliphatic carbocycles. The van der Waals surface area contributed by atoms with E-state index in [2.05, 4.69) is 0 Å². The third kappa shape index (κ3) is 3.57. The van der Waals surface area contributed by atoms with Gasteiger partial charge >= 0.3 is 5.97 Å². The van der Waals surface area contributed by atoms with E-state index in [0.717, 1.165) is 11.3 Å². The van der Waals surface area contributed by atoms with Crippen molar-refractivity contribution < 1.29 is 23.8 Å². The van der Waals surface area contributed by atoms with Crippen molar-refractivity contribution in [2.24, 2.45) is 0 Å². The molecule has 2 aromatic rings. The van der Waals surface area contributed by atoms with Crippen molar-refractivity contribution in [1.82, 2.24) is 4.90 Å². The van der Waals surface area contributed by atoms with Crippen molar-refractivity contribution >= 4 is 11.9 Å². The minimum atomic E-state index is -0.460. The van der Waals surface area contributed by atoms with Gasteiger partial charge in [0.05, 0.1) is 31.9 Å². The Bertz CT molecular complexity index is 785. The molecule has 3 rings (SSSR count). The summed E-state index contributed by atoms with van der Waals surface area (Å²) in [6.07, 6.45) is 0. The Morgan fingerprint density at radius 2 is 1.92 bits per heavy atom. The van der Waals surface area contributed by atoms with E-state index in [1.807, 2.05) is 24.3 Å². The number of carbonyl (C=O) groups excluding carboxylic acids is 2. The average molecular weight is 341 g/mol. The van der Waals surface area contributed by atoms with Crippen molar-refractivity contribution in [2.75, 3.05) is 27.4 Å². The van der Waals surface area contributed by atoms with Crippen LogP contribution in [0, 0.1) is 0 Å². The molecule has 0 N–H and O–H groups in total. The third-order valence-corrected chi connectivity index (χ3v) is 4.07. The molecule has 1 heterocycles. The molecule has 0 spiro atoms. The van der Waals surface area contributed by atoms with Crippen molar-refractivity contribution in [3.8, 4) is 11.5 Å². The number of esters is 1. The zero-order valence-corrected chi connectivity index (χ0v) is 14.2. The van der Waals surface area contributed by atoms with E-state index < -0.39 is 5.97 Å². The van der Waals surface area contributed by atoms with E-state index in [4.69, 9.17) is 14.2 Å². The fraction of sp³-hybridized carbons (Fsp3) is 0.263. The van der Waals surface area contributed by atoms with Gasteiger partial charge in [0.1, 0.15) is 18.1 Å². The lowest BCUT2D eigenvalue weighted by Crippen LogP contribution is -2.31. The Balaban J connectivity index is 1.82. The number of hydrogen-bond donors (Lipinski definition) is 0. The van der Waals surface area contributed by atoms with E-state index in [0.29, 0.717) is 36.6 Å². The summed E-state index contributed by atoms with van der Waals surface area (Å²) in [7, 11) is 2.93. The number of fused-ring (bicyclic) bond motifs is 1. The highest BCUT2D eigenvalue weighted by Gasteiger charge is 2.24. The third-order valence-electron chi connectivity index (χ3n) is 4.07. The molecule has 1 aliphatic heterocycles. The highest BCUT2D eigenvalue weighted by Crippen LogP contribution is 2.26. The minimum Gasteiger partial charge on any atom is -0.497 e. The van der Waals surface area contributed by atoms with Gasteiger partial charge in [0.15, 0.2) is 0 Å². The zero-order valence-electron chi connectivity index (χ0n) is 14.2. The number of amides is 1. The van der Waals surface area contributed by atoms with Gasteiger partial charge in [-0.2, -0.15) is 0 Å². The summed E-state index contributed by atoms with van der Waals surface area (Å²) >= 11 is 0. The molecule has 0 bridgehead atoms. The van der Waals surface area contributed by atoms with Crippen LogP contribution in [0.2, 0.25) is 0 Å². The number of carbonyl (C=O) groups is 2. The van der Waals surface area contributed by atoms with Gasteiger partial charge in [0.2, 0.25) is 0 Å². The van der Waals surface area contributed by atoms with E-state index in [-0.39, 0.29) is 5.91 Å². The summed E-state index contributed by atoms with van der Waals surface area (Å²) in [6, 6.07) is 12.3. The normalized spacial score (nSPS) is 13.5. The molecule has 1 amide bonds. The van der Waals surface area contributed by atoms with Crippen molar-refractivity contribution in [2.45, 2.75) is 6.54 Å². The number of hydrogen-bond acceptors (Lipinski definition) is 5. The predicted molar refractivity (Wildman–Crippen MR) is 91.0 cm³/mol. The van der Waals surface area contributed by atoms with Gasteiger partial charge in [0.25, 0.3) is 5.91 Å². The summed E-state index contributed by atoms with van der Waals surface area (Å²) in [4.78, 5) is 26.2. The molecule has 130 valence electrons. The second-order valence-corrected chi connectivity index (χ2v) is 5.63. The number of ether oxygens (including phenoxy) is 3. The van der Waals surface area contributed by atoms with Crippen LogP contribution < -0.4 is 9.47 Å². The second-order valence-electron chi connectivity index (χ2n) is 5.63. The van der Waals surface area contributed by atoms with Crippen LogP contribution >= 0.6 is 0 Å². The average Bonchev–Trinajstić information content (AvgIpc) is 2.80. The SMILES string of the molecule is COC(=O)c1ccc2c(c1)OCCN(Cc1ccc(OC)cc1)C2=O. The Kier molecular flexibility index (Phi) is 4.88. The quantitative estimate of drug-likeness (QED) is 0.800. The Labute approximate surface area is 145 Å². The Hall–Kier alpha value is -3.02. The van der Waals surface area contributed by atoms with Crippen LogP contribution in [0.5, 0.6) is 11.5 Å². The largest absolute Gasteiger partial charge is 0.497 e. The van der Waals surface area contributed by atoms with Gasteiger partial charge in [-0.3, -0.25) is 4.79 Å². The van der Waals surface area contributed by atoms with Crippen molar-refractivity contribution in [3.63, 3.8) is 0 Å². The molecule has 0 unspecified atom stereocenters. The second kappa shape index (κ2) is 7.25. The number of nitrogens with zero attached hydrogens (tertiary/aromatic N) is 1. The van der Waals surface area contributed by atoms with Crippen LogP contribution in [0.1, 0.15) is 26.3 Å². The summed E-state index contributed by atoms with van der Waals surface area (Å²) in [6.45, 7) is 1.30. The van der Waals surface area contributed by atoms with E-state index >= 15 is 0 Å².